The van der Waals surface area contributed by atoms with E-state index in [-0.39, 0.29) is 11.9 Å². The summed E-state index contributed by atoms with van der Waals surface area (Å²) in [5.41, 5.74) is 0.890. The van der Waals surface area contributed by atoms with Crippen LogP contribution < -0.4 is 10.6 Å². The van der Waals surface area contributed by atoms with Crippen molar-refractivity contribution in [3.05, 3.63) is 22.8 Å². The highest BCUT2D eigenvalue weighted by atomic mass is 35.5. The van der Waals surface area contributed by atoms with E-state index in [1.165, 1.54) is 6.20 Å². The average molecular weight is 310 g/mol. The van der Waals surface area contributed by atoms with Crippen LogP contribution in [0.15, 0.2) is 12.3 Å². The van der Waals surface area contributed by atoms with E-state index in [2.05, 4.69) is 29.5 Å². The van der Waals surface area contributed by atoms with E-state index in [0.29, 0.717) is 21.8 Å². The van der Waals surface area contributed by atoms with Crippen LogP contribution in [0, 0.1) is 5.41 Å². The van der Waals surface area contributed by atoms with E-state index in [0.717, 1.165) is 32.2 Å². The number of rotatable bonds is 4. The Morgan fingerprint density at radius 2 is 2.10 bits per heavy atom. The van der Waals surface area contributed by atoms with E-state index < -0.39 is 0 Å². The second kappa shape index (κ2) is 6.65. The fraction of sp³-hybridized carbons (Fsp3) is 0.625. The standard InChI is InChI=1S/C16H24ClN3O/c1-4-18-14-9-12(13(17)10-19-14)15(21)20-11-5-7-16(2,3)8-6-11/h9-11H,4-8H2,1-3H3,(H,18,19)(H,20,21). The molecule has 2 N–H and O–H groups in total. The quantitative estimate of drug-likeness (QED) is 0.888. The topological polar surface area (TPSA) is 54.0 Å². The third-order valence-corrected chi connectivity index (χ3v) is 4.43. The molecule has 4 nitrogen and oxygen atoms in total. The maximum Gasteiger partial charge on any atom is 0.253 e. The molecule has 1 aromatic heterocycles. The molecule has 1 saturated carbocycles. The van der Waals surface area contributed by atoms with Crippen molar-refractivity contribution in [1.29, 1.82) is 0 Å². The van der Waals surface area contributed by atoms with Gasteiger partial charge in [0, 0.05) is 18.8 Å². The molecule has 0 aromatic carbocycles. The summed E-state index contributed by atoms with van der Waals surface area (Å²) in [6, 6.07) is 1.96. The number of anilines is 1. The zero-order valence-corrected chi connectivity index (χ0v) is 13.8. The van der Waals surface area contributed by atoms with Gasteiger partial charge in [0.25, 0.3) is 5.91 Å². The van der Waals surface area contributed by atoms with Gasteiger partial charge in [0.15, 0.2) is 0 Å². The second-order valence-electron chi connectivity index (χ2n) is 6.49. The Balaban J connectivity index is 2.02. The van der Waals surface area contributed by atoms with Crippen LogP contribution in [0.25, 0.3) is 0 Å². The zero-order chi connectivity index (χ0) is 15.5. The minimum Gasteiger partial charge on any atom is -0.370 e. The molecule has 0 saturated heterocycles. The van der Waals surface area contributed by atoms with Gasteiger partial charge in [0.2, 0.25) is 0 Å². The molecule has 1 aliphatic carbocycles. The molecule has 1 fully saturated rings. The first kappa shape index (κ1) is 16.1. The minimum atomic E-state index is -0.105. The Morgan fingerprint density at radius 3 is 2.71 bits per heavy atom. The molecular formula is C16H24ClN3O. The van der Waals surface area contributed by atoms with E-state index in [1.54, 1.807) is 6.07 Å². The van der Waals surface area contributed by atoms with Crippen molar-refractivity contribution < 1.29 is 4.79 Å². The number of amides is 1. The van der Waals surface area contributed by atoms with Gasteiger partial charge in [-0.3, -0.25) is 4.79 Å². The van der Waals surface area contributed by atoms with Crippen molar-refractivity contribution >= 4 is 23.3 Å². The van der Waals surface area contributed by atoms with Crippen LogP contribution in [0.2, 0.25) is 5.02 Å². The fourth-order valence-electron chi connectivity index (χ4n) is 2.70. The molecule has 5 heteroatoms. The number of pyridine rings is 1. The summed E-state index contributed by atoms with van der Waals surface area (Å²) in [5.74, 6) is 0.572. The van der Waals surface area contributed by atoms with E-state index in [4.69, 9.17) is 11.6 Å². The lowest BCUT2D eigenvalue weighted by atomic mass is 9.75. The molecule has 21 heavy (non-hydrogen) atoms. The Bertz CT molecular complexity index is 506. The largest absolute Gasteiger partial charge is 0.370 e. The minimum absolute atomic E-state index is 0.105. The second-order valence-corrected chi connectivity index (χ2v) is 6.90. The third-order valence-electron chi connectivity index (χ3n) is 4.13. The van der Waals surface area contributed by atoms with Crippen molar-refractivity contribution in [2.75, 3.05) is 11.9 Å². The molecular weight excluding hydrogens is 286 g/mol. The molecule has 0 atom stereocenters. The molecule has 0 unspecified atom stereocenters. The molecule has 0 aliphatic heterocycles. The Kier molecular flexibility index (Phi) is 5.09. The average Bonchev–Trinajstić information content (AvgIpc) is 2.43. The highest BCUT2D eigenvalue weighted by Gasteiger charge is 2.28. The van der Waals surface area contributed by atoms with Crippen LogP contribution in [0.5, 0.6) is 0 Å². The number of hydrogen-bond donors (Lipinski definition) is 2. The normalized spacial score (nSPS) is 18.3. The highest BCUT2D eigenvalue weighted by Crippen LogP contribution is 2.35. The van der Waals surface area contributed by atoms with Crippen LogP contribution in [0.3, 0.4) is 0 Å². The lowest BCUT2D eigenvalue weighted by Crippen LogP contribution is -2.39. The smallest absolute Gasteiger partial charge is 0.253 e. The lowest BCUT2D eigenvalue weighted by molar-refractivity contribution is 0.0909. The summed E-state index contributed by atoms with van der Waals surface area (Å²) in [6.45, 7) is 7.31. The van der Waals surface area contributed by atoms with Gasteiger partial charge in [-0.15, -0.1) is 0 Å². The molecule has 1 aromatic rings. The lowest BCUT2D eigenvalue weighted by Gasteiger charge is -2.34. The first-order valence-electron chi connectivity index (χ1n) is 7.61. The first-order chi connectivity index (χ1) is 9.91. The molecule has 2 rings (SSSR count). The number of carbonyl (C=O) groups excluding carboxylic acids is 1. The maximum absolute atomic E-state index is 12.4. The monoisotopic (exact) mass is 309 g/mol. The predicted molar refractivity (Wildman–Crippen MR) is 86.9 cm³/mol. The van der Waals surface area contributed by atoms with E-state index >= 15 is 0 Å². The van der Waals surface area contributed by atoms with Crippen LogP contribution in [-0.2, 0) is 0 Å². The number of nitrogens with one attached hydrogen (secondary N) is 2. The van der Waals surface area contributed by atoms with Crippen LogP contribution in [-0.4, -0.2) is 23.5 Å². The molecule has 116 valence electrons. The van der Waals surface area contributed by atoms with Crippen LogP contribution >= 0.6 is 11.6 Å². The van der Waals surface area contributed by atoms with Crippen LogP contribution in [0.4, 0.5) is 5.82 Å². The summed E-state index contributed by atoms with van der Waals surface area (Å²) >= 11 is 6.10. The third kappa shape index (κ3) is 4.34. The number of aromatic nitrogens is 1. The number of hydrogen-bond acceptors (Lipinski definition) is 3. The molecule has 0 radical (unpaired) electrons. The summed E-state index contributed by atoms with van der Waals surface area (Å²) in [5, 5.41) is 6.59. The molecule has 0 spiro atoms. The summed E-state index contributed by atoms with van der Waals surface area (Å²) < 4.78 is 0. The Labute approximate surface area is 131 Å². The van der Waals surface area contributed by atoms with Crippen molar-refractivity contribution in [2.45, 2.75) is 52.5 Å². The van der Waals surface area contributed by atoms with E-state index in [9.17, 15) is 4.79 Å². The molecule has 1 aliphatic rings. The maximum atomic E-state index is 12.4. The summed E-state index contributed by atoms with van der Waals surface area (Å²) in [4.78, 5) is 16.6. The van der Waals surface area contributed by atoms with Gasteiger partial charge in [0.1, 0.15) is 5.82 Å². The Hall–Kier alpha value is -1.29. The van der Waals surface area contributed by atoms with E-state index in [1.807, 2.05) is 6.92 Å². The number of halogens is 1. The zero-order valence-electron chi connectivity index (χ0n) is 13.0. The van der Waals surface area contributed by atoms with Gasteiger partial charge in [-0.25, -0.2) is 4.98 Å². The van der Waals surface area contributed by atoms with Crippen molar-refractivity contribution in [2.24, 2.45) is 5.41 Å². The van der Waals surface area contributed by atoms with Crippen molar-refractivity contribution in [3.63, 3.8) is 0 Å². The summed E-state index contributed by atoms with van der Waals surface area (Å²) in [6.07, 6.45) is 5.87. The highest BCUT2D eigenvalue weighted by molar-refractivity contribution is 6.33. The number of nitrogens with zero attached hydrogens (tertiary/aromatic N) is 1. The molecule has 1 amide bonds. The van der Waals surface area contributed by atoms with Gasteiger partial charge in [-0.05, 0) is 44.1 Å². The van der Waals surface area contributed by atoms with Crippen molar-refractivity contribution in [1.82, 2.24) is 10.3 Å². The van der Waals surface area contributed by atoms with Gasteiger partial charge in [0.05, 0.1) is 10.6 Å². The summed E-state index contributed by atoms with van der Waals surface area (Å²) in [7, 11) is 0. The SMILES string of the molecule is CCNc1cc(C(=O)NC2CCC(C)(C)CC2)c(Cl)cn1. The van der Waals surface area contributed by atoms with Gasteiger partial charge in [-0.2, -0.15) is 0 Å². The van der Waals surface area contributed by atoms with Gasteiger partial charge in [-0.1, -0.05) is 25.4 Å². The first-order valence-corrected chi connectivity index (χ1v) is 7.99. The van der Waals surface area contributed by atoms with Crippen molar-refractivity contribution in [3.8, 4) is 0 Å². The van der Waals surface area contributed by atoms with Crippen LogP contribution in [0.1, 0.15) is 56.8 Å². The number of carbonyl (C=O) groups is 1. The molecule has 0 bridgehead atoms. The van der Waals surface area contributed by atoms with Gasteiger partial charge < -0.3 is 10.6 Å². The van der Waals surface area contributed by atoms with Gasteiger partial charge >= 0.3 is 0 Å². The predicted octanol–water partition coefficient (Wildman–Crippen LogP) is 3.87. The fourth-order valence-corrected chi connectivity index (χ4v) is 2.89. The Morgan fingerprint density at radius 1 is 1.43 bits per heavy atom. The molecule has 1 heterocycles.